The normalized spacial score (nSPS) is 13.3. The first-order valence-corrected chi connectivity index (χ1v) is 11.4. The molecular weight excluding hydrogens is 364 g/mol. The third kappa shape index (κ3) is 5.47. The number of rotatable bonds is 7. The Labute approximate surface area is 184 Å². The van der Waals surface area contributed by atoms with Crippen molar-refractivity contribution in [3.8, 4) is 0 Å². The van der Waals surface area contributed by atoms with Crippen LogP contribution < -0.4 is 0 Å². The van der Waals surface area contributed by atoms with E-state index in [1.165, 1.54) is 22.3 Å². The monoisotopic (exact) mass is 404 g/mol. The minimum absolute atomic E-state index is 0.433. The number of nitrogens with zero attached hydrogens (tertiary/aromatic N) is 2. The molecule has 0 aliphatic rings. The molecule has 162 valence electrons. The van der Waals surface area contributed by atoms with E-state index in [9.17, 15) is 0 Å². The van der Waals surface area contributed by atoms with Crippen LogP contribution >= 0.6 is 0 Å². The Morgan fingerprint density at radius 3 is 1.13 bits per heavy atom. The van der Waals surface area contributed by atoms with Gasteiger partial charge in [-0.2, -0.15) is 0 Å². The second kappa shape index (κ2) is 10.2. The first-order valence-electron chi connectivity index (χ1n) is 11.4. The molecule has 0 spiro atoms. The molecule has 0 aromatic heterocycles. The van der Waals surface area contributed by atoms with Crippen LogP contribution in [0.25, 0.3) is 0 Å². The maximum Gasteiger partial charge on any atom is 0.0671 e. The van der Waals surface area contributed by atoms with Gasteiger partial charge in [-0.15, -0.1) is 0 Å². The first-order chi connectivity index (χ1) is 14.0. The van der Waals surface area contributed by atoms with Gasteiger partial charge in [0.05, 0.1) is 22.8 Å². The largest absolute Gasteiger partial charge is 0.252 e. The standard InChI is InChI=1S/C28H40N2/c1-17(2)23-13-11-15-25(27(23)19(5)6)29-21(9)22(10)30-26-16-12-14-24(18(3)4)28(26)20(7)8/h11-20H,1-10H3. The molecular formula is C28H40N2. The van der Waals surface area contributed by atoms with Crippen molar-refractivity contribution in [2.75, 3.05) is 0 Å². The van der Waals surface area contributed by atoms with Crippen LogP contribution in [0.4, 0.5) is 11.4 Å². The van der Waals surface area contributed by atoms with Crippen LogP contribution in [-0.2, 0) is 0 Å². The van der Waals surface area contributed by atoms with E-state index in [1.54, 1.807) is 0 Å². The molecule has 2 aromatic carbocycles. The molecule has 0 fully saturated rings. The Balaban J connectivity index is 2.55. The second-order valence-electron chi connectivity index (χ2n) is 9.57. The van der Waals surface area contributed by atoms with Crippen molar-refractivity contribution in [2.45, 2.75) is 92.9 Å². The topological polar surface area (TPSA) is 24.7 Å². The molecule has 0 atom stereocenters. The molecule has 0 radical (unpaired) electrons. The minimum atomic E-state index is 0.433. The molecule has 2 rings (SSSR count). The highest BCUT2D eigenvalue weighted by molar-refractivity contribution is 6.41. The highest BCUT2D eigenvalue weighted by Gasteiger charge is 2.16. The van der Waals surface area contributed by atoms with E-state index in [-0.39, 0.29) is 0 Å². The van der Waals surface area contributed by atoms with Gasteiger partial charge in [-0.25, -0.2) is 0 Å². The Hall–Kier alpha value is -2.22. The molecule has 0 amide bonds. The summed E-state index contributed by atoms with van der Waals surface area (Å²) in [6.07, 6.45) is 0. The lowest BCUT2D eigenvalue weighted by molar-refractivity contribution is 0.790. The third-order valence-corrected chi connectivity index (χ3v) is 5.73. The first kappa shape index (κ1) is 24.1. The summed E-state index contributed by atoms with van der Waals surface area (Å²) in [6.45, 7) is 22.2. The lowest BCUT2D eigenvalue weighted by Crippen LogP contribution is -2.07. The van der Waals surface area contributed by atoms with E-state index >= 15 is 0 Å². The minimum Gasteiger partial charge on any atom is -0.252 e. The third-order valence-electron chi connectivity index (χ3n) is 5.73. The number of benzene rings is 2. The van der Waals surface area contributed by atoms with Gasteiger partial charge in [0.1, 0.15) is 0 Å². The lowest BCUT2D eigenvalue weighted by Gasteiger charge is -2.19. The average Bonchev–Trinajstić information content (AvgIpc) is 2.66. The van der Waals surface area contributed by atoms with Gasteiger partial charge in [-0.05, 0) is 71.9 Å². The summed E-state index contributed by atoms with van der Waals surface area (Å²) in [4.78, 5) is 10.1. The Morgan fingerprint density at radius 1 is 0.533 bits per heavy atom. The van der Waals surface area contributed by atoms with Gasteiger partial charge in [-0.3, -0.25) is 9.98 Å². The maximum absolute atomic E-state index is 5.04. The lowest BCUT2D eigenvalue weighted by atomic mass is 9.89. The van der Waals surface area contributed by atoms with Crippen molar-refractivity contribution in [1.82, 2.24) is 0 Å². The van der Waals surface area contributed by atoms with Crippen LogP contribution in [0.5, 0.6) is 0 Å². The number of aliphatic imine (C=N–C) groups is 2. The predicted octanol–water partition coefficient (Wildman–Crippen LogP) is 9.07. The van der Waals surface area contributed by atoms with Crippen molar-refractivity contribution >= 4 is 22.8 Å². The van der Waals surface area contributed by atoms with Crippen LogP contribution in [0.3, 0.4) is 0 Å². The van der Waals surface area contributed by atoms with E-state index in [1.807, 2.05) is 0 Å². The van der Waals surface area contributed by atoms with Crippen molar-refractivity contribution in [3.05, 3.63) is 58.7 Å². The molecule has 0 saturated carbocycles. The summed E-state index contributed by atoms with van der Waals surface area (Å²) >= 11 is 0. The zero-order valence-electron chi connectivity index (χ0n) is 20.7. The van der Waals surface area contributed by atoms with Gasteiger partial charge in [-0.1, -0.05) is 79.7 Å². The summed E-state index contributed by atoms with van der Waals surface area (Å²) in [5.41, 5.74) is 9.57. The van der Waals surface area contributed by atoms with Gasteiger partial charge < -0.3 is 0 Å². The van der Waals surface area contributed by atoms with Gasteiger partial charge in [0, 0.05) is 0 Å². The van der Waals surface area contributed by atoms with Crippen LogP contribution in [0.1, 0.15) is 115 Å². The number of hydrogen-bond donors (Lipinski definition) is 0. The zero-order chi connectivity index (χ0) is 22.6. The molecule has 0 heterocycles. The van der Waals surface area contributed by atoms with Crippen molar-refractivity contribution in [3.63, 3.8) is 0 Å². The van der Waals surface area contributed by atoms with E-state index in [0.29, 0.717) is 23.7 Å². The van der Waals surface area contributed by atoms with E-state index in [2.05, 4.69) is 106 Å². The Bertz CT molecular complexity index is 850. The molecule has 2 nitrogen and oxygen atoms in total. The van der Waals surface area contributed by atoms with Crippen LogP contribution in [0.15, 0.2) is 46.4 Å². The molecule has 0 aliphatic carbocycles. The fraction of sp³-hybridized carbons (Fsp3) is 0.500. The molecule has 0 unspecified atom stereocenters. The molecule has 0 aliphatic heterocycles. The number of hydrogen-bond acceptors (Lipinski definition) is 2. The maximum atomic E-state index is 5.04. The smallest absolute Gasteiger partial charge is 0.0671 e. The van der Waals surface area contributed by atoms with Gasteiger partial charge in [0.15, 0.2) is 0 Å². The molecule has 0 N–H and O–H groups in total. The molecule has 2 aromatic rings. The fourth-order valence-corrected chi connectivity index (χ4v) is 4.12. The van der Waals surface area contributed by atoms with Crippen LogP contribution in [0, 0.1) is 0 Å². The van der Waals surface area contributed by atoms with E-state index in [0.717, 1.165) is 22.8 Å². The SMILES string of the molecule is CC(=Nc1cccc(C(C)C)c1C(C)C)C(C)=Nc1cccc(C(C)C)c1C(C)C. The molecule has 0 bridgehead atoms. The van der Waals surface area contributed by atoms with Gasteiger partial charge >= 0.3 is 0 Å². The van der Waals surface area contributed by atoms with Gasteiger partial charge in [0.2, 0.25) is 0 Å². The van der Waals surface area contributed by atoms with Gasteiger partial charge in [0.25, 0.3) is 0 Å². The predicted molar refractivity (Wildman–Crippen MR) is 135 cm³/mol. The Kier molecular flexibility index (Phi) is 8.18. The average molecular weight is 405 g/mol. The molecule has 30 heavy (non-hydrogen) atoms. The quantitative estimate of drug-likeness (QED) is 0.411. The highest BCUT2D eigenvalue weighted by Crippen LogP contribution is 2.36. The fourth-order valence-electron chi connectivity index (χ4n) is 4.12. The summed E-state index contributed by atoms with van der Waals surface area (Å²) in [6, 6.07) is 13.0. The highest BCUT2D eigenvalue weighted by atomic mass is 14.8. The van der Waals surface area contributed by atoms with Crippen molar-refractivity contribution in [1.29, 1.82) is 0 Å². The summed E-state index contributed by atoms with van der Waals surface area (Å²) < 4.78 is 0. The molecule has 0 saturated heterocycles. The van der Waals surface area contributed by atoms with Crippen molar-refractivity contribution < 1.29 is 0 Å². The van der Waals surface area contributed by atoms with Crippen LogP contribution in [-0.4, -0.2) is 11.4 Å². The second-order valence-corrected chi connectivity index (χ2v) is 9.57. The summed E-state index contributed by atoms with van der Waals surface area (Å²) in [7, 11) is 0. The van der Waals surface area contributed by atoms with Crippen LogP contribution in [0.2, 0.25) is 0 Å². The Morgan fingerprint density at radius 2 is 0.867 bits per heavy atom. The zero-order valence-corrected chi connectivity index (χ0v) is 20.7. The van der Waals surface area contributed by atoms with Crippen molar-refractivity contribution in [2.24, 2.45) is 9.98 Å². The molecule has 2 heteroatoms. The van der Waals surface area contributed by atoms with E-state index in [4.69, 9.17) is 9.98 Å². The van der Waals surface area contributed by atoms with E-state index < -0.39 is 0 Å². The summed E-state index contributed by atoms with van der Waals surface area (Å²) in [5, 5.41) is 0. The summed E-state index contributed by atoms with van der Waals surface area (Å²) in [5.74, 6) is 1.84.